The third-order valence-corrected chi connectivity index (χ3v) is 5.88. The highest BCUT2D eigenvalue weighted by molar-refractivity contribution is 5.86. The first-order valence-corrected chi connectivity index (χ1v) is 11.0. The predicted octanol–water partition coefficient (Wildman–Crippen LogP) is 2.78. The number of nitrogens with one attached hydrogen (secondary N) is 1. The molecule has 0 saturated heterocycles. The molecule has 0 fully saturated rings. The number of esters is 1. The Hall–Kier alpha value is -3.88. The molecule has 2 amide bonds. The summed E-state index contributed by atoms with van der Waals surface area (Å²) in [5.74, 6) is -2.29. The fourth-order valence-corrected chi connectivity index (χ4v) is 4.09. The van der Waals surface area contributed by atoms with Gasteiger partial charge in [-0.15, -0.1) is 0 Å². The van der Waals surface area contributed by atoms with Gasteiger partial charge in [0.2, 0.25) is 5.91 Å². The number of rotatable bonds is 10. The Morgan fingerprint density at radius 3 is 2.15 bits per heavy atom. The zero-order valence-corrected chi connectivity index (χ0v) is 19.2. The maximum Gasteiger partial charge on any atom is 0.410 e. The molecule has 2 aromatic rings. The van der Waals surface area contributed by atoms with E-state index in [0.717, 1.165) is 27.2 Å². The molecule has 9 nitrogen and oxygen atoms in total. The van der Waals surface area contributed by atoms with Gasteiger partial charge in [0.25, 0.3) is 0 Å². The van der Waals surface area contributed by atoms with Gasteiger partial charge in [0, 0.05) is 25.9 Å². The van der Waals surface area contributed by atoms with Crippen LogP contribution < -0.4 is 5.32 Å². The quantitative estimate of drug-likeness (QED) is 0.514. The number of aliphatic carboxylic acids is 1. The molecular formula is C25H28N2O7. The van der Waals surface area contributed by atoms with Crippen molar-refractivity contribution >= 4 is 23.9 Å². The Morgan fingerprint density at radius 1 is 1.00 bits per heavy atom. The summed E-state index contributed by atoms with van der Waals surface area (Å²) in [6, 6.07) is 14.8. The zero-order valence-electron chi connectivity index (χ0n) is 19.2. The van der Waals surface area contributed by atoms with Crippen LogP contribution >= 0.6 is 0 Å². The summed E-state index contributed by atoms with van der Waals surface area (Å²) in [5.41, 5.74) is 4.30. The number of benzene rings is 2. The first kappa shape index (κ1) is 24.8. The molecule has 0 bridgehead atoms. The first-order chi connectivity index (χ1) is 16.3. The topological polar surface area (TPSA) is 122 Å². The molecule has 0 aliphatic heterocycles. The highest BCUT2D eigenvalue weighted by Gasteiger charge is 2.32. The van der Waals surface area contributed by atoms with Crippen LogP contribution in [0.3, 0.4) is 0 Å². The van der Waals surface area contributed by atoms with Crippen molar-refractivity contribution in [1.82, 2.24) is 10.2 Å². The van der Waals surface area contributed by atoms with Crippen LogP contribution in [-0.4, -0.2) is 67.3 Å². The highest BCUT2D eigenvalue weighted by atomic mass is 16.6. The van der Waals surface area contributed by atoms with Crippen LogP contribution in [0.4, 0.5) is 4.79 Å². The molecule has 3 rings (SSSR count). The van der Waals surface area contributed by atoms with Gasteiger partial charge in [0.1, 0.15) is 12.6 Å². The molecule has 0 saturated carbocycles. The summed E-state index contributed by atoms with van der Waals surface area (Å²) in [5, 5.41) is 11.6. The van der Waals surface area contributed by atoms with Crippen LogP contribution in [0.15, 0.2) is 48.5 Å². The molecule has 0 unspecified atom stereocenters. The Morgan fingerprint density at radius 2 is 1.59 bits per heavy atom. The summed E-state index contributed by atoms with van der Waals surface area (Å²) in [7, 11) is 2.63. The second-order valence-electron chi connectivity index (χ2n) is 7.98. The van der Waals surface area contributed by atoms with E-state index in [9.17, 15) is 19.2 Å². The monoisotopic (exact) mass is 468 g/mol. The van der Waals surface area contributed by atoms with Crippen LogP contribution in [0.5, 0.6) is 0 Å². The SMILES string of the molecule is COC(=O)CCNC(=O)[C@H](CCC(=O)O)N(C)C(=O)OCC1c2ccccc2-c2ccccc21. The number of methoxy groups -OCH3 is 1. The van der Waals surface area contributed by atoms with Gasteiger partial charge >= 0.3 is 18.0 Å². The lowest BCUT2D eigenvalue weighted by molar-refractivity contribution is -0.140. The Balaban J connectivity index is 1.67. The minimum atomic E-state index is -1.09. The molecule has 2 aromatic carbocycles. The lowest BCUT2D eigenvalue weighted by Gasteiger charge is -2.27. The van der Waals surface area contributed by atoms with Crippen LogP contribution in [0.2, 0.25) is 0 Å². The number of hydrogen-bond acceptors (Lipinski definition) is 6. The number of carboxylic acids is 1. The fraction of sp³-hybridized carbons (Fsp3) is 0.360. The van der Waals surface area contributed by atoms with Crippen LogP contribution in [-0.2, 0) is 23.9 Å². The highest BCUT2D eigenvalue weighted by Crippen LogP contribution is 2.44. The molecule has 0 spiro atoms. The summed E-state index contributed by atoms with van der Waals surface area (Å²) in [4.78, 5) is 48.9. The standard InChI is InChI=1S/C25H28N2O7/c1-27(21(11-12-22(28)29)24(31)26-14-13-23(30)33-2)25(32)34-15-20-18-9-5-3-7-16(18)17-8-4-6-10-19(17)20/h3-10,20-21H,11-15H2,1-2H3,(H,26,31)(H,28,29)/t21-/m0/s1. The number of likely N-dealkylation sites (N-methyl/N-ethyl adjacent to an activating group) is 1. The molecule has 0 heterocycles. The van der Waals surface area contributed by atoms with Crippen molar-refractivity contribution in [3.05, 3.63) is 59.7 Å². The summed E-state index contributed by atoms with van der Waals surface area (Å²) >= 11 is 0. The van der Waals surface area contributed by atoms with Crippen molar-refractivity contribution < 1.29 is 33.8 Å². The van der Waals surface area contributed by atoms with E-state index in [2.05, 4.69) is 10.1 Å². The van der Waals surface area contributed by atoms with Crippen LogP contribution in [0.25, 0.3) is 11.1 Å². The normalized spacial score (nSPS) is 12.8. The van der Waals surface area contributed by atoms with E-state index in [-0.39, 0.29) is 38.3 Å². The van der Waals surface area contributed by atoms with E-state index in [1.165, 1.54) is 14.2 Å². The van der Waals surface area contributed by atoms with Gasteiger partial charge in [0.05, 0.1) is 13.5 Å². The number of hydrogen-bond donors (Lipinski definition) is 2. The Bertz CT molecular complexity index is 1020. The lowest BCUT2D eigenvalue weighted by atomic mass is 9.98. The van der Waals surface area contributed by atoms with Gasteiger partial charge < -0.3 is 19.9 Å². The number of carbonyl (C=O) groups is 4. The first-order valence-electron chi connectivity index (χ1n) is 11.0. The van der Waals surface area contributed by atoms with Crippen molar-refractivity contribution in [2.45, 2.75) is 31.2 Å². The van der Waals surface area contributed by atoms with Gasteiger partial charge in [-0.1, -0.05) is 48.5 Å². The second-order valence-corrected chi connectivity index (χ2v) is 7.98. The molecular weight excluding hydrogens is 440 g/mol. The van der Waals surface area contributed by atoms with Gasteiger partial charge in [-0.05, 0) is 28.7 Å². The fourth-order valence-electron chi connectivity index (χ4n) is 4.09. The van der Waals surface area contributed by atoms with Crippen LogP contribution in [0.1, 0.15) is 36.3 Å². The van der Waals surface area contributed by atoms with Gasteiger partial charge in [-0.2, -0.15) is 0 Å². The summed E-state index contributed by atoms with van der Waals surface area (Å²) < 4.78 is 10.1. The average molecular weight is 469 g/mol. The number of ether oxygens (including phenoxy) is 2. The Labute approximate surface area is 197 Å². The number of carbonyl (C=O) groups excluding carboxylic acids is 3. The number of carboxylic acid groups (broad SMARTS) is 1. The maximum absolute atomic E-state index is 12.8. The zero-order chi connectivity index (χ0) is 24.7. The van der Waals surface area contributed by atoms with E-state index in [1.54, 1.807) is 0 Å². The molecule has 0 radical (unpaired) electrons. The Kier molecular flexibility index (Phi) is 8.24. The van der Waals surface area contributed by atoms with E-state index < -0.39 is 30.0 Å². The smallest absolute Gasteiger partial charge is 0.410 e. The predicted molar refractivity (Wildman–Crippen MR) is 123 cm³/mol. The van der Waals surface area contributed by atoms with Gasteiger partial charge in [0.15, 0.2) is 0 Å². The molecule has 180 valence electrons. The van der Waals surface area contributed by atoms with E-state index in [0.29, 0.717) is 0 Å². The number of fused-ring (bicyclic) bond motifs is 3. The van der Waals surface area contributed by atoms with Crippen molar-refractivity contribution in [1.29, 1.82) is 0 Å². The van der Waals surface area contributed by atoms with Crippen molar-refractivity contribution in [2.24, 2.45) is 0 Å². The van der Waals surface area contributed by atoms with E-state index in [1.807, 2.05) is 48.5 Å². The van der Waals surface area contributed by atoms with E-state index >= 15 is 0 Å². The summed E-state index contributed by atoms with van der Waals surface area (Å²) in [6.07, 6.45) is -1.18. The minimum Gasteiger partial charge on any atom is -0.481 e. The lowest BCUT2D eigenvalue weighted by Crippen LogP contribution is -2.48. The second kappa shape index (κ2) is 11.3. The van der Waals surface area contributed by atoms with Crippen molar-refractivity contribution in [2.75, 3.05) is 27.3 Å². The molecule has 1 aliphatic rings. The van der Waals surface area contributed by atoms with Crippen molar-refractivity contribution in [3.8, 4) is 11.1 Å². The van der Waals surface area contributed by atoms with Gasteiger partial charge in [-0.25, -0.2) is 4.79 Å². The molecule has 0 aromatic heterocycles. The number of amides is 2. The summed E-state index contributed by atoms with van der Waals surface area (Å²) in [6.45, 7) is 0.0837. The largest absolute Gasteiger partial charge is 0.481 e. The molecule has 9 heteroatoms. The average Bonchev–Trinajstić information content (AvgIpc) is 3.15. The molecule has 2 N–H and O–H groups in total. The molecule has 1 atom stereocenters. The third kappa shape index (κ3) is 5.72. The van der Waals surface area contributed by atoms with Crippen LogP contribution in [0, 0.1) is 0 Å². The van der Waals surface area contributed by atoms with Gasteiger partial charge in [-0.3, -0.25) is 19.3 Å². The number of nitrogens with zero attached hydrogens (tertiary/aromatic N) is 1. The van der Waals surface area contributed by atoms with Crippen molar-refractivity contribution in [3.63, 3.8) is 0 Å². The third-order valence-electron chi connectivity index (χ3n) is 5.88. The molecule has 34 heavy (non-hydrogen) atoms. The maximum atomic E-state index is 12.8. The molecule has 1 aliphatic carbocycles. The van der Waals surface area contributed by atoms with E-state index in [4.69, 9.17) is 9.84 Å². The minimum absolute atomic E-state index is 0.00755.